The monoisotopic (exact) mass is 327 g/mol. The van der Waals surface area contributed by atoms with Crippen molar-refractivity contribution in [1.82, 2.24) is 4.57 Å². The minimum atomic E-state index is 0.0299. The van der Waals surface area contributed by atoms with Gasteiger partial charge >= 0.3 is 0 Å². The second-order valence-corrected chi connectivity index (χ2v) is 6.17. The molecule has 0 unspecified atom stereocenters. The number of aryl methyl sites for hydroxylation is 2. The van der Waals surface area contributed by atoms with Gasteiger partial charge in [-0.3, -0.25) is 9.59 Å². The number of ketones is 1. The Bertz CT molecular complexity index is 849. The topological polar surface area (TPSA) is 39.1 Å². The molecule has 0 bridgehead atoms. The van der Waals surface area contributed by atoms with Crippen LogP contribution in [0.1, 0.15) is 30.0 Å². The molecule has 3 rings (SSSR count). The summed E-state index contributed by atoms with van der Waals surface area (Å²) in [5.41, 5.74) is 3.57. The number of allylic oxidation sites excluding steroid dienone is 1. The van der Waals surface area contributed by atoms with Crippen molar-refractivity contribution in [2.75, 3.05) is 0 Å². The van der Waals surface area contributed by atoms with E-state index in [1.54, 1.807) is 10.8 Å². The van der Waals surface area contributed by atoms with Crippen LogP contribution in [0.4, 0.5) is 0 Å². The Balaban J connectivity index is 1.83. The van der Waals surface area contributed by atoms with Gasteiger partial charge in [0, 0.05) is 29.7 Å². The van der Waals surface area contributed by atoms with Crippen LogP contribution in [0.15, 0.2) is 46.9 Å². The summed E-state index contributed by atoms with van der Waals surface area (Å²) in [6.45, 7) is 2.60. The Morgan fingerprint density at radius 3 is 2.78 bits per heavy atom. The first kappa shape index (κ1) is 15.8. The maximum absolute atomic E-state index is 12.3. The predicted octanol–water partition coefficient (Wildman–Crippen LogP) is 3.66. The second-order valence-electron chi connectivity index (χ2n) is 5.74. The highest BCUT2D eigenvalue weighted by molar-refractivity contribution is 6.30. The number of aromatic nitrogens is 1. The van der Waals surface area contributed by atoms with Gasteiger partial charge in [0.25, 0.3) is 5.56 Å². The second kappa shape index (κ2) is 6.55. The van der Waals surface area contributed by atoms with Gasteiger partial charge in [-0.25, -0.2) is 0 Å². The highest BCUT2D eigenvalue weighted by atomic mass is 35.5. The van der Waals surface area contributed by atoms with Crippen LogP contribution in [0, 0.1) is 0 Å². The van der Waals surface area contributed by atoms with Gasteiger partial charge in [-0.15, -0.1) is 0 Å². The summed E-state index contributed by atoms with van der Waals surface area (Å²) < 4.78 is 1.68. The lowest BCUT2D eigenvalue weighted by molar-refractivity contribution is -0.115. The van der Waals surface area contributed by atoms with Crippen LogP contribution < -0.4 is 5.56 Å². The zero-order valence-corrected chi connectivity index (χ0v) is 13.8. The quantitative estimate of drug-likeness (QED) is 0.859. The molecule has 0 aliphatic heterocycles. The Morgan fingerprint density at radius 1 is 1.17 bits per heavy atom. The van der Waals surface area contributed by atoms with Crippen LogP contribution >= 0.6 is 11.6 Å². The fraction of sp³-hybridized carbons (Fsp3) is 0.263. The first-order valence-electron chi connectivity index (χ1n) is 7.79. The smallest absolute Gasteiger partial charge is 0.253 e. The molecule has 0 spiro atoms. The van der Waals surface area contributed by atoms with E-state index in [0.717, 1.165) is 22.3 Å². The van der Waals surface area contributed by atoms with Gasteiger partial charge in [-0.2, -0.15) is 0 Å². The number of pyridine rings is 1. The van der Waals surface area contributed by atoms with Gasteiger partial charge in [0.1, 0.15) is 0 Å². The Morgan fingerprint density at radius 2 is 2.00 bits per heavy atom. The summed E-state index contributed by atoms with van der Waals surface area (Å²) in [6.07, 6.45) is 5.26. The van der Waals surface area contributed by atoms with Crippen molar-refractivity contribution in [2.24, 2.45) is 0 Å². The maximum atomic E-state index is 12.3. The van der Waals surface area contributed by atoms with Gasteiger partial charge < -0.3 is 4.57 Å². The highest BCUT2D eigenvalue weighted by Gasteiger charge is 2.18. The van der Waals surface area contributed by atoms with Crippen molar-refractivity contribution >= 4 is 23.5 Å². The first-order chi connectivity index (χ1) is 11.1. The van der Waals surface area contributed by atoms with Crippen molar-refractivity contribution in [3.05, 3.63) is 74.2 Å². The van der Waals surface area contributed by atoms with E-state index in [2.05, 4.69) is 0 Å². The molecule has 3 nitrogen and oxygen atoms in total. The van der Waals surface area contributed by atoms with Crippen molar-refractivity contribution in [3.63, 3.8) is 0 Å². The molecule has 0 saturated carbocycles. The largest absolute Gasteiger partial charge is 0.316 e. The lowest BCUT2D eigenvalue weighted by atomic mass is 9.88. The molecule has 2 aromatic rings. The molecular formula is C19H18ClNO2. The molecule has 0 radical (unpaired) electrons. The van der Waals surface area contributed by atoms with E-state index >= 15 is 0 Å². The summed E-state index contributed by atoms with van der Waals surface area (Å²) in [5.74, 6) is 0.131. The van der Waals surface area contributed by atoms with Crippen molar-refractivity contribution in [1.29, 1.82) is 0 Å². The van der Waals surface area contributed by atoms with E-state index in [9.17, 15) is 9.59 Å². The minimum absolute atomic E-state index is 0.0299. The average Bonchev–Trinajstić information content (AvgIpc) is 2.54. The molecule has 0 saturated heterocycles. The number of carbonyl (C=O) groups excluding carboxylic acids is 1. The van der Waals surface area contributed by atoms with Gasteiger partial charge in [0.2, 0.25) is 0 Å². The van der Waals surface area contributed by atoms with Gasteiger partial charge in [0.15, 0.2) is 5.78 Å². The molecule has 1 aromatic carbocycles. The summed E-state index contributed by atoms with van der Waals surface area (Å²) >= 11 is 6.03. The minimum Gasteiger partial charge on any atom is -0.316 e. The molecular weight excluding hydrogens is 310 g/mol. The Labute approximate surface area is 140 Å². The van der Waals surface area contributed by atoms with E-state index < -0.39 is 0 Å². The van der Waals surface area contributed by atoms with Crippen molar-refractivity contribution in [3.8, 4) is 0 Å². The molecule has 1 aromatic heterocycles. The van der Waals surface area contributed by atoms with Gasteiger partial charge in [-0.05, 0) is 60.7 Å². The molecule has 1 heterocycles. The molecule has 0 N–H and O–H groups in total. The summed E-state index contributed by atoms with van der Waals surface area (Å²) in [5, 5.41) is 0.669. The summed E-state index contributed by atoms with van der Waals surface area (Å²) in [4.78, 5) is 24.5. The number of hydrogen-bond donors (Lipinski definition) is 0. The number of rotatable bonds is 4. The summed E-state index contributed by atoms with van der Waals surface area (Å²) in [7, 11) is 0. The number of nitrogens with zero attached hydrogens (tertiary/aromatic N) is 1. The maximum Gasteiger partial charge on any atom is 0.253 e. The number of carbonyl (C=O) groups is 1. The Hall–Kier alpha value is -2.13. The van der Waals surface area contributed by atoms with Crippen molar-refractivity contribution < 1.29 is 4.79 Å². The lowest BCUT2D eigenvalue weighted by Crippen LogP contribution is -2.22. The van der Waals surface area contributed by atoms with Crippen LogP contribution in [0.25, 0.3) is 6.08 Å². The first-order valence-corrected chi connectivity index (χ1v) is 8.17. The fourth-order valence-corrected chi connectivity index (χ4v) is 3.10. The van der Waals surface area contributed by atoms with E-state index in [1.165, 1.54) is 0 Å². The van der Waals surface area contributed by atoms with Crippen LogP contribution in [0.2, 0.25) is 5.02 Å². The zero-order chi connectivity index (χ0) is 16.4. The van der Waals surface area contributed by atoms with Crippen LogP contribution in [0.5, 0.6) is 0 Å². The fourth-order valence-electron chi connectivity index (χ4n) is 2.92. The molecule has 4 heteroatoms. The number of fused-ring (bicyclic) bond motifs is 1. The molecule has 0 amide bonds. The molecule has 23 heavy (non-hydrogen) atoms. The van der Waals surface area contributed by atoms with Gasteiger partial charge in [-0.1, -0.05) is 23.7 Å². The SMILES string of the molecule is CCn1cccc(CCC2=Cc3cc(Cl)ccc3CC2=O)c1=O. The molecule has 0 atom stereocenters. The van der Waals surface area contributed by atoms with E-state index in [0.29, 0.717) is 30.8 Å². The number of halogens is 1. The molecule has 118 valence electrons. The van der Waals surface area contributed by atoms with Crippen LogP contribution in [0.3, 0.4) is 0 Å². The average molecular weight is 328 g/mol. The number of Topliss-reactive ketones (excluding diaryl/α,β-unsaturated/α-hetero) is 1. The normalized spacial score (nSPS) is 13.7. The van der Waals surface area contributed by atoms with E-state index in [4.69, 9.17) is 11.6 Å². The van der Waals surface area contributed by atoms with Crippen LogP contribution in [-0.4, -0.2) is 10.4 Å². The molecule has 0 fully saturated rings. The predicted molar refractivity (Wildman–Crippen MR) is 92.8 cm³/mol. The van der Waals surface area contributed by atoms with Crippen molar-refractivity contribution in [2.45, 2.75) is 32.7 Å². The highest BCUT2D eigenvalue weighted by Crippen LogP contribution is 2.26. The third-order valence-electron chi connectivity index (χ3n) is 4.25. The van der Waals surface area contributed by atoms with E-state index in [1.807, 2.05) is 43.3 Å². The van der Waals surface area contributed by atoms with Crippen LogP contribution in [-0.2, 0) is 24.2 Å². The Kier molecular flexibility index (Phi) is 4.49. The molecule has 1 aliphatic carbocycles. The number of benzene rings is 1. The lowest BCUT2D eigenvalue weighted by Gasteiger charge is -2.16. The third kappa shape index (κ3) is 3.30. The zero-order valence-electron chi connectivity index (χ0n) is 13.0. The third-order valence-corrected chi connectivity index (χ3v) is 4.49. The standard InChI is InChI=1S/C19H18ClNO2/c1-2-21-9-3-4-13(19(21)23)5-6-15-10-16-11-17(20)8-7-14(16)12-18(15)22/h3-4,7-11H,2,5-6,12H2,1H3. The number of hydrogen-bond acceptors (Lipinski definition) is 2. The van der Waals surface area contributed by atoms with E-state index in [-0.39, 0.29) is 11.3 Å². The summed E-state index contributed by atoms with van der Waals surface area (Å²) in [6, 6.07) is 9.32. The van der Waals surface area contributed by atoms with Gasteiger partial charge in [0.05, 0.1) is 0 Å². The molecule has 1 aliphatic rings.